The number of benzene rings is 1. The molecule has 1 spiro atoms. The summed E-state index contributed by atoms with van der Waals surface area (Å²) in [5.41, 5.74) is 0.952. The molecule has 1 saturated carbocycles. The Morgan fingerprint density at radius 1 is 1.20 bits per heavy atom. The van der Waals surface area contributed by atoms with Crippen LogP contribution >= 0.6 is 0 Å². The van der Waals surface area contributed by atoms with Gasteiger partial charge in [-0.1, -0.05) is 24.3 Å². The summed E-state index contributed by atoms with van der Waals surface area (Å²) in [6.07, 6.45) is 1.06. The highest BCUT2D eigenvalue weighted by Crippen LogP contribution is 2.50. The molecule has 1 unspecified atom stereocenters. The van der Waals surface area contributed by atoms with Crippen molar-refractivity contribution in [1.29, 1.82) is 0 Å². The molecule has 5 nitrogen and oxygen atoms in total. The highest BCUT2D eigenvalue weighted by atomic mass is 16.2. The number of aryl methyl sites for hydroxylation is 1. The highest BCUT2D eigenvalue weighted by molar-refractivity contribution is 6.21. The number of urea groups is 1. The minimum atomic E-state index is -0.981. The molecule has 1 aromatic carbocycles. The van der Waals surface area contributed by atoms with Crippen LogP contribution in [0.3, 0.4) is 0 Å². The predicted molar refractivity (Wildman–Crippen MR) is 71.6 cm³/mol. The molecule has 3 rings (SSSR count). The number of rotatable bonds is 2. The van der Waals surface area contributed by atoms with E-state index in [1.807, 2.05) is 38.1 Å². The summed E-state index contributed by atoms with van der Waals surface area (Å²) in [5.74, 6) is -0.803. The van der Waals surface area contributed by atoms with Gasteiger partial charge >= 0.3 is 6.03 Å². The molecule has 1 N–H and O–H groups in total. The molecule has 5 heteroatoms. The van der Waals surface area contributed by atoms with E-state index >= 15 is 0 Å². The molecule has 1 heterocycles. The topological polar surface area (TPSA) is 66.5 Å². The minimum absolute atomic E-state index is 0.359. The zero-order chi connectivity index (χ0) is 14.5. The van der Waals surface area contributed by atoms with E-state index in [0.717, 1.165) is 11.1 Å². The maximum absolute atomic E-state index is 12.5. The van der Waals surface area contributed by atoms with E-state index in [1.54, 1.807) is 0 Å². The summed E-state index contributed by atoms with van der Waals surface area (Å²) in [6, 6.07) is 6.63. The van der Waals surface area contributed by atoms with Gasteiger partial charge in [-0.2, -0.15) is 0 Å². The van der Waals surface area contributed by atoms with E-state index in [-0.39, 0.29) is 11.9 Å². The van der Waals surface area contributed by atoms with Crippen molar-refractivity contribution < 1.29 is 14.4 Å². The smallest absolute Gasteiger partial charge is 0.277 e. The number of hydrogen-bond donors (Lipinski definition) is 1. The van der Waals surface area contributed by atoms with Crippen molar-refractivity contribution in [2.75, 3.05) is 0 Å². The molecule has 1 aliphatic carbocycles. The first-order valence-corrected chi connectivity index (χ1v) is 6.72. The van der Waals surface area contributed by atoms with Crippen molar-refractivity contribution in [3.05, 3.63) is 35.4 Å². The molecule has 0 aromatic heterocycles. The Balaban J connectivity index is 1.97. The zero-order valence-corrected chi connectivity index (χ0v) is 11.5. The van der Waals surface area contributed by atoms with Gasteiger partial charge in [-0.3, -0.25) is 19.8 Å². The van der Waals surface area contributed by atoms with Gasteiger partial charge in [0.1, 0.15) is 5.41 Å². The largest absolute Gasteiger partial charge is 0.331 e. The SMILES string of the molecule is Cc1ccccc1C(C)N1C(=O)NC(=O)C2(CC2)C1=O. The van der Waals surface area contributed by atoms with Gasteiger partial charge in [0.05, 0.1) is 6.04 Å². The van der Waals surface area contributed by atoms with Crippen LogP contribution in [0.5, 0.6) is 0 Å². The van der Waals surface area contributed by atoms with Crippen LogP contribution < -0.4 is 5.32 Å². The van der Waals surface area contributed by atoms with Crippen LogP contribution in [0.1, 0.15) is 36.9 Å². The maximum Gasteiger partial charge on any atom is 0.331 e. The maximum atomic E-state index is 12.5. The second kappa shape index (κ2) is 4.16. The second-order valence-corrected chi connectivity index (χ2v) is 5.55. The first-order valence-electron chi connectivity index (χ1n) is 6.72. The fraction of sp³-hybridized carbons (Fsp3) is 0.400. The van der Waals surface area contributed by atoms with E-state index in [1.165, 1.54) is 4.90 Å². The lowest BCUT2D eigenvalue weighted by Gasteiger charge is -2.35. The van der Waals surface area contributed by atoms with Gasteiger partial charge < -0.3 is 0 Å². The first-order chi connectivity index (χ1) is 9.47. The zero-order valence-electron chi connectivity index (χ0n) is 11.5. The fourth-order valence-corrected chi connectivity index (χ4v) is 2.81. The number of nitrogens with zero attached hydrogens (tertiary/aromatic N) is 1. The van der Waals surface area contributed by atoms with Crippen molar-refractivity contribution >= 4 is 17.8 Å². The molecular weight excluding hydrogens is 256 g/mol. The van der Waals surface area contributed by atoms with E-state index in [9.17, 15) is 14.4 Å². The van der Waals surface area contributed by atoms with Crippen molar-refractivity contribution in [3.63, 3.8) is 0 Å². The Hall–Kier alpha value is -2.17. The number of carbonyl (C=O) groups excluding carboxylic acids is 3. The monoisotopic (exact) mass is 272 g/mol. The van der Waals surface area contributed by atoms with Crippen molar-refractivity contribution in [3.8, 4) is 0 Å². The van der Waals surface area contributed by atoms with Gasteiger partial charge in [0.2, 0.25) is 11.8 Å². The third-order valence-electron chi connectivity index (χ3n) is 4.28. The average Bonchev–Trinajstić information content (AvgIpc) is 3.19. The minimum Gasteiger partial charge on any atom is -0.277 e. The van der Waals surface area contributed by atoms with Gasteiger partial charge in [-0.05, 0) is 37.8 Å². The third kappa shape index (κ3) is 1.66. The van der Waals surface area contributed by atoms with Crippen LogP contribution in [0.2, 0.25) is 0 Å². The molecule has 2 fully saturated rings. The van der Waals surface area contributed by atoms with Gasteiger partial charge in [-0.25, -0.2) is 4.79 Å². The number of hydrogen-bond acceptors (Lipinski definition) is 3. The summed E-state index contributed by atoms with van der Waals surface area (Å²) in [4.78, 5) is 37.5. The molecule has 4 amide bonds. The van der Waals surface area contributed by atoms with Gasteiger partial charge in [-0.15, -0.1) is 0 Å². The summed E-state index contributed by atoms with van der Waals surface area (Å²) < 4.78 is 0. The van der Waals surface area contributed by atoms with E-state index in [4.69, 9.17) is 0 Å². The number of imide groups is 2. The second-order valence-electron chi connectivity index (χ2n) is 5.55. The summed E-state index contributed by atoms with van der Waals surface area (Å²) >= 11 is 0. The molecule has 20 heavy (non-hydrogen) atoms. The number of barbiturate groups is 1. The molecule has 1 saturated heterocycles. The van der Waals surface area contributed by atoms with Crippen molar-refractivity contribution in [2.24, 2.45) is 5.41 Å². The highest BCUT2D eigenvalue weighted by Gasteiger charge is 2.62. The van der Waals surface area contributed by atoms with Crippen LogP contribution in [0.15, 0.2) is 24.3 Å². The lowest BCUT2D eigenvalue weighted by atomic mass is 9.96. The standard InChI is InChI=1S/C15H16N2O3/c1-9-5-3-4-6-11(9)10(2)17-13(19)15(7-8-15)12(18)16-14(17)20/h3-6,10H,7-8H2,1-2H3,(H,16,18,20). The molecule has 0 radical (unpaired) electrons. The van der Waals surface area contributed by atoms with E-state index in [2.05, 4.69) is 5.32 Å². The third-order valence-corrected chi connectivity index (χ3v) is 4.28. The van der Waals surface area contributed by atoms with Crippen LogP contribution in [0.4, 0.5) is 4.79 Å². The van der Waals surface area contributed by atoms with E-state index < -0.39 is 17.4 Å². The Kier molecular flexibility index (Phi) is 2.67. The van der Waals surface area contributed by atoms with Crippen LogP contribution in [-0.4, -0.2) is 22.7 Å². The predicted octanol–water partition coefficient (Wildman–Crippen LogP) is 1.91. The Morgan fingerprint density at radius 3 is 2.45 bits per heavy atom. The van der Waals surface area contributed by atoms with Crippen LogP contribution in [0, 0.1) is 12.3 Å². The number of nitrogens with one attached hydrogen (secondary N) is 1. The van der Waals surface area contributed by atoms with Crippen LogP contribution in [-0.2, 0) is 9.59 Å². The van der Waals surface area contributed by atoms with Crippen molar-refractivity contribution in [1.82, 2.24) is 10.2 Å². The Labute approximate surface area is 116 Å². The number of carbonyl (C=O) groups is 3. The fourth-order valence-electron chi connectivity index (χ4n) is 2.81. The molecule has 1 aromatic rings. The Bertz CT molecular complexity index is 619. The average molecular weight is 272 g/mol. The summed E-state index contributed by atoms with van der Waals surface area (Å²) in [7, 11) is 0. The molecule has 104 valence electrons. The molecular formula is C15H16N2O3. The normalized spacial score (nSPS) is 21.9. The van der Waals surface area contributed by atoms with Gasteiger partial charge in [0, 0.05) is 0 Å². The quantitative estimate of drug-likeness (QED) is 0.836. The summed E-state index contributed by atoms with van der Waals surface area (Å²) in [5, 5.41) is 2.31. The first kappa shape index (κ1) is 12.8. The van der Waals surface area contributed by atoms with Gasteiger partial charge in [0.15, 0.2) is 0 Å². The molecule has 1 aliphatic heterocycles. The Morgan fingerprint density at radius 2 is 1.85 bits per heavy atom. The van der Waals surface area contributed by atoms with E-state index in [0.29, 0.717) is 12.8 Å². The van der Waals surface area contributed by atoms with Crippen LogP contribution in [0.25, 0.3) is 0 Å². The lowest BCUT2D eigenvalue weighted by molar-refractivity contribution is -0.146. The summed E-state index contributed by atoms with van der Waals surface area (Å²) in [6.45, 7) is 3.75. The molecule has 0 bridgehead atoms. The van der Waals surface area contributed by atoms with Crippen molar-refractivity contribution in [2.45, 2.75) is 32.7 Å². The molecule has 2 aliphatic rings. The number of amides is 4. The van der Waals surface area contributed by atoms with Gasteiger partial charge in [0.25, 0.3) is 0 Å². The molecule has 1 atom stereocenters. The lowest BCUT2D eigenvalue weighted by Crippen LogP contribution is -2.59.